The van der Waals surface area contributed by atoms with E-state index in [1.807, 2.05) is 0 Å². The molecule has 0 spiro atoms. The topological polar surface area (TPSA) is 84.9 Å². The quantitative estimate of drug-likeness (QED) is 0.333. The first-order valence-corrected chi connectivity index (χ1v) is 4.90. The number of benzene rings is 1. The zero-order valence-electron chi connectivity index (χ0n) is 9.91. The Kier molecular flexibility index (Phi) is 5.61. The molecular weight excluding hydrogens is 267 g/mol. The molecule has 0 amide bonds. The molecule has 2 rings (SSSR count). The van der Waals surface area contributed by atoms with Gasteiger partial charge >= 0.3 is 51.4 Å². The van der Waals surface area contributed by atoms with E-state index in [0.717, 1.165) is 0 Å². The summed E-state index contributed by atoms with van der Waals surface area (Å²) in [5, 5.41) is 10.3. The summed E-state index contributed by atoms with van der Waals surface area (Å²) < 4.78 is 15.1. The van der Waals surface area contributed by atoms with E-state index < -0.39 is 18.5 Å². The molecule has 1 aliphatic heterocycles. The Morgan fingerprint density at radius 1 is 1.39 bits per heavy atom. The van der Waals surface area contributed by atoms with Gasteiger partial charge in [-0.15, -0.1) is 0 Å². The van der Waals surface area contributed by atoms with E-state index in [-0.39, 0.29) is 51.4 Å². The van der Waals surface area contributed by atoms with Crippen LogP contribution in [0, 0.1) is 0 Å². The number of fused-ring (bicyclic) bond motifs is 1. The van der Waals surface area contributed by atoms with Crippen LogP contribution in [0.15, 0.2) is 18.2 Å². The Balaban J connectivity index is 0.00000162. The van der Waals surface area contributed by atoms with E-state index in [1.165, 1.54) is 18.2 Å². The summed E-state index contributed by atoms with van der Waals surface area (Å²) in [5.74, 6) is 0.695. The van der Waals surface area contributed by atoms with Gasteiger partial charge in [-0.3, -0.25) is 4.79 Å². The summed E-state index contributed by atoms with van der Waals surface area (Å²) in [7, 11) is 0. The van der Waals surface area contributed by atoms with Crippen LogP contribution < -0.4 is 66.0 Å². The van der Waals surface area contributed by atoms with Gasteiger partial charge in [-0.2, -0.15) is 0 Å². The molecule has 0 saturated heterocycles. The van der Waals surface area contributed by atoms with Gasteiger partial charge in [-0.1, -0.05) is 0 Å². The van der Waals surface area contributed by atoms with Crippen LogP contribution in [-0.4, -0.2) is 24.8 Å². The molecule has 7 heteroatoms. The number of aldehydes is 1. The van der Waals surface area contributed by atoms with Crippen LogP contribution in [0.2, 0.25) is 0 Å². The summed E-state index contributed by atoms with van der Waals surface area (Å²) in [6.07, 6.45) is -2.70. The van der Waals surface area contributed by atoms with Crippen LogP contribution in [0.25, 0.3) is 0 Å². The predicted octanol–water partition coefficient (Wildman–Crippen LogP) is -2.65. The van der Waals surface area contributed by atoms with E-state index in [4.69, 9.17) is 9.47 Å². The Morgan fingerprint density at radius 2 is 2.11 bits per heavy atom. The summed E-state index contributed by atoms with van der Waals surface area (Å²) in [6, 6.07) is 4.55. The van der Waals surface area contributed by atoms with Crippen LogP contribution in [-0.2, 0) is 4.74 Å². The molecule has 0 fully saturated rings. The molecule has 0 bridgehead atoms. The number of ether oxygens (including phenoxy) is 3. The van der Waals surface area contributed by atoms with Crippen molar-refractivity contribution in [3.05, 3.63) is 23.8 Å². The summed E-state index contributed by atoms with van der Waals surface area (Å²) in [5.41, 5.74) is 0.443. The Morgan fingerprint density at radius 3 is 2.72 bits per heavy atom. The molecule has 0 radical (unpaired) electrons. The van der Waals surface area contributed by atoms with Crippen molar-refractivity contribution in [2.75, 3.05) is 0 Å². The molecule has 1 aliphatic rings. The zero-order chi connectivity index (χ0) is 12.4. The maximum absolute atomic E-state index is 10.6. The fourth-order valence-corrected chi connectivity index (χ4v) is 1.48. The van der Waals surface area contributed by atoms with E-state index >= 15 is 0 Å². The van der Waals surface area contributed by atoms with Crippen LogP contribution >= 0.6 is 0 Å². The SMILES string of the molecule is CC1Oc2cc(C=O)ccc2OC1OC(=O)[O-].[K+]. The number of hydrogen-bond acceptors (Lipinski definition) is 6. The minimum absolute atomic E-state index is 0. The van der Waals surface area contributed by atoms with Gasteiger partial charge in [0.1, 0.15) is 6.29 Å². The molecule has 0 saturated carbocycles. The van der Waals surface area contributed by atoms with Crippen molar-refractivity contribution < 1.29 is 80.3 Å². The Hall–Kier alpha value is -0.604. The molecule has 0 aliphatic carbocycles. The van der Waals surface area contributed by atoms with Gasteiger partial charge < -0.3 is 24.1 Å². The summed E-state index contributed by atoms with van der Waals surface area (Å²) >= 11 is 0. The maximum atomic E-state index is 10.6. The second kappa shape index (κ2) is 6.53. The number of carboxylic acid groups (broad SMARTS) is 1. The Bertz CT molecular complexity index is 461. The monoisotopic (exact) mass is 276 g/mol. The molecule has 2 unspecified atom stereocenters. The number of carbonyl (C=O) groups excluding carboxylic acids is 2. The van der Waals surface area contributed by atoms with Gasteiger partial charge in [0, 0.05) is 5.56 Å². The van der Waals surface area contributed by atoms with Gasteiger partial charge in [-0.25, -0.2) is 0 Å². The van der Waals surface area contributed by atoms with E-state index in [1.54, 1.807) is 6.92 Å². The van der Waals surface area contributed by atoms with Crippen molar-refractivity contribution in [2.45, 2.75) is 19.3 Å². The van der Waals surface area contributed by atoms with E-state index in [0.29, 0.717) is 23.3 Å². The molecule has 0 aromatic heterocycles. The second-order valence-electron chi connectivity index (χ2n) is 3.50. The van der Waals surface area contributed by atoms with Crippen LogP contribution in [0.3, 0.4) is 0 Å². The maximum Gasteiger partial charge on any atom is 1.00 e. The molecule has 1 heterocycles. The molecule has 90 valence electrons. The number of carbonyl (C=O) groups is 2. The average Bonchev–Trinajstić information content (AvgIpc) is 2.29. The van der Waals surface area contributed by atoms with Crippen molar-refractivity contribution in [3.63, 3.8) is 0 Å². The van der Waals surface area contributed by atoms with Crippen LogP contribution in [0.1, 0.15) is 17.3 Å². The van der Waals surface area contributed by atoms with Crippen molar-refractivity contribution >= 4 is 12.4 Å². The zero-order valence-corrected chi connectivity index (χ0v) is 13.0. The first-order chi connectivity index (χ1) is 8.10. The molecule has 1 aromatic rings. The van der Waals surface area contributed by atoms with Crippen LogP contribution in [0.4, 0.5) is 4.79 Å². The fraction of sp³-hybridized carbons (Fsp3) is 0.273. The molecule has 6 nitrogen and oxygen atoms in total. The average molecular weight is 276 g/mol. The van der Waals surface area contributed by atoms with E-state index in [2.05, 4.69) is 4.74 Å². The van der Waals surface area contributed by atoms with Crippen molar-refractivity contribution in [2.24, 2.45) is 0 Å². The molecular formula is C11H9KO6. The third-order valence-corrected chi connectivity index (χ3v) is 2.26. The van der Waals surface area contributed by atoms with Gasteiger partial charge in [0.25, 0.3) is 6.16 Å². The number of rotatable bonds is 2. The summed E-state index contributed by atoms with van der Waals surface area (Å²) in [6.45, 7) is 1.59. The smallest absolute Gasteiger partial charge is 0.508 e. The first kappa shape index (κ1) is 15.5. The Labute approximate surface area is 146 Å². The summed E-state index contributed by atoms with van der Waals surface area (Å²) in [4.78, 5) is 20.9. The molecule has 1 aromatic carbocycles. The predicted molar refractivity (Wildman–Crippen MR) is 52.8 cm³/mol. The van der Waals surface area contributed by atoms with Gasteiger partial charge in [-0.05, 0) is 25.1 Å². The molecule has 0 N–H and O–H groups in total. The standard InChI is InChI=1S/C11H10O6.K/c1-6-10(17-11(13)14)16-8-3-2-7(5-12)4-9(8)15-6;/h2-6,10H,1H3,(H,13,14);/q;+1/p-1. The van der Waals surface area contributed by atoms with Gasteiger partial charge in [0.05, 0.1) is 0 Å². The molecule has 2 atom stereocenters. The van der Waals surface area contributed by atoms with Crippen molar-refractivity contribution in [1.29, 1.82) is 0 Å². The third-order valence-electron chi connectivity index (χ3n) is 2.26. The van der Waals surface area contributed by atoms with E-state index in [9.17, 15) is 14.7 Å². The van der Waals surface area contributed by atoms with Gasteiger partial charge in [0.15, 0.2) is 17.6 Å². The second-order valence-corrected chi connectivity index (χ2v) is 3.50. The third kappa shape index (κ3) is 3.45. The first-order valence-electron chi connectivity index (χ1n) is 4.90. The number of hydrogen-bond donors (Lipinski definition) is 0. The van der Waals surface area contributed by atoms with Gasteiger partial charge in [0.2, 0.25) is 6.29 Å². The molecule has 18 heavy (non-hydrogen) atoms. The minimum Gasteiger partial charge on any atom is -0.508 e. The largest absolute Gasteiger partial charge is 1.00 e. The minimum atomic E-state index is -1.68. The van der Waals surface area contributed by atoms with Crippen LogP contribution in [0.5, 0.6) is 11.5 Å². The fourth-order valence-electron chi connectivity index (χ4n) is 1.48. The normalized spacial score (nSPS) is 20.5. The van der Waals surface area contributed by atoms with Crippen molar-refractivity contribution in [3.8, 4) is 11.5 Å². The van der Waals surface area contributed by atoms with Crippen molar-refractivity contribution in [1.82, 2.24) is 0 Å².